The molecule has 1 aromatic heterocycles. The van der Waals surface area contributed by atoms with E-state index in [4.69, 9.17) is 4.52 Å². The molecule has 2 rings (SSSR count). The van der Waals surface area contributed by atoms with E-state index in [0.717, 1.165) is 51.5 Å². The van der Waals surface area contributed by atoms with Gasteiger partial charge in [-0.2, -0.15) is 4.98 Å². The van der Waals surface area contributed by atoms with Crippen molar-refractivity contribution in [2.45, 2.75) is 46.3 Å². The summed E-state index contributed by atoms with van der Waals surface area (Å²) in [7, 11) is 0. The van der Waals surface area contributed by atoms with Gasteiger partial charge in [0.25, 0.3) is 0 Å². The van der Waals surface area contributed by atoms with Crippen LogP contribution in [0.5, 0.6) is 0 Å². The molecular weight excluding hydrogens is 268 g/mol. The fourth-order valence-corrected chi connectivity index (χ4v) is 2.65. The van der Waals surface area contributed by atoms with E-state index < -0.39 is 5.60 Å². The summed E-state index contributed by atoms with van der Waals surface area (Å²) >= 11 is 0. The van der Waals surface area contributed by atoms with E-state index in [1.807, 2.05) is 13.8 Å². The molecule has 0 aliphatic carbocycles. The smallest absolute Gasteiger partial charge is 0.240 e. The average molecular weight is 296 g/mol. The zero-order chi connectivity index (χ0) is 15.5. The van der Waals surface area contributed by atoms with E-state index in [0.29, 0.717) is 11.8 Å². The second kappa shape index (κ2) is 6.85. The number of nitrogens with zero attached hydrogens (tertiary/aromatic N) is 4. The van der Waals surface area contributed by atoms with E-state index in [9.17, 15) is 5.11 Å². The predicted molar refractivity (Wildman–Crippen MR) is 80.9 cm³/mol. The number of rotatable bonds is 6. The van der Waals surface area contributed by atoms with Crippen molar-refractivity contribution < 1.29 is 9.63 Å². The minimum atomic E-state index is -0.625. The monoisotopic (exact) mass is 296 g/mol. The maximum absolute atomic E-state index is 9.86. The first-order valence-electron chi connectivity index (χ1n) is 7.80. The van der Waals surface area contributed by atoms with Crippen molar-refractivity contribution in [3.05, 3.63) is 11.7 Å². The Bertz CT molecular complexity index is 431. The van der Waals surface area contributed by atoms with Crippen LogP contribution in [0.1, 0.15) is 39.4 Å². The number of hydrogen-bond acceptors (Lipinski definition) is 6. The van der Waals surface area contributed by atoms with Gasteiger partial charge in [-0.3, -0.25) is 9.80 Å². The average Bonchev–Trinajstić information content (AvgIpc) is 2.76. The highest BCUT2D eigenvalue weighted by Gasteiger charge is 2.23. The molecule has 1 aromatic rings. The Morgan fingerprint density at radius 2 is 1.81 bits per heavy atom. The molecule has 6 heteroatoms. The summed E-state index contributed by atoms with van der Waals surface area (Å²) < 4.78 is 5.32. The summed E-state index contributed by atoms with van der Waals surface area (Å²) in [5.74, 6) is 2.06. The molecule has 0 atom stereocenters. The maximum Gasteiger partial charge on any atom is 0.240 e. The molecule has 1 aliphatic rings. The molecule has 21 heavy (non-hydrogen) atoms. The Morgan fingerprint density at radius 1 is 1.19 bits per heavy atom. The molecule has 6 nitrogen and oxygen atoms in total. The molecule has 0 amide bonds. The normalized spacial score (nSPS) is 18.6. The van der Waals surface area contributed by atoms with Gasteiger partial charge in [-0.25, -0.2) is 0 Å². The van der Waals surface area contributed by atoms with Crippen LogP contribution >= 0.6 is 0 Å². The van der Waals surface area contributed by atoms with Gasteiger partial charge in [0.1, 0.15) is 0 Å². The molecule has 0 aromatic carbocycles. The molecule has 0 bridgehead atoms. The second-order valence-electron chi connectivity index (χ2n) is 7.07. The van der Waals surface area contributed by atoms with Crippen LogP contribution in [0, 0.1) is 5.92 Å². The highest BCUT2D eigenvalue weighted by Crippen LogP contribution is 2.11. The molecule has 2 heterocycles. The van der Waals surface area contributed by atoms with Gasteiger partial charge >= 0.3 is 0 Å². The fraction of sp³-hybridized carbons (Fsp3) is 0.867. The summed E-state index contributed by atoms with van der Waals surface area (Å²) in [5.41, 5.74) is -0.625. The summed E-state index contributed by atoms with van der Waals surface area (Å²) in [4.78, 5) is 9.08. The van der Waals surface area contributed by atoms with Crippen LogP contribution in [0.15, 0.2) is 4.52 Å². The third-order valence-electron chi connectivity index (χ3n) is 3.54. The maximum atomic E-state index is 9.86. The lowest BCUT2D eigenvalue weighted by Crippen LogP contribution is -2.50. The molecule has 120 valence electrons. The van der Waals surface area contributed by atoms with E-state index in [1.54, 1.807) is 0 Å². The Balaban J connectivity index is 1.77. The Labute approximate surface area is 127 Å². The van der Waals surface area contributed by atoms with E-state index in [-0.39, 0.29) is 0 Å². The third-order valence-corrected chi connectivity index (χ3v) is 3.54. The highest BCUT2D eigenvalue weighted by molar-refractivity contribution is 4.88. The predicted octanol–water partition coefficient (Wildman–Crippen LogP) is 1.16. The lowest BCUT2D eigenvalue weighted by atomic mass is 10.1. The highest BCUT2D eigenvalue weighted by atomic mass is 16.5. The Hall–Kier alpha value is -0.980. The van der Waals surface area contributed by atoms with Gasteiger partial charge in [0.15, 0.2) is 5.82 Å². The van der Waals surface area contributed by atoms with Crippen molar-refractivity contribution in [2.24, 2.45) is 5.92 Å². The zero-order valence-corrected chi connectivity index (χ0v) is 13.7. The van der Waals surface area contributed by atoms with Crippen molar-refractivity contribution in [2.75, 3.05) is 32.7 Å². The molecule has 1 saturated heterocycles. The number of β-amino-alcohol motifs (C(OH)–C–C–N with tert-alkyl or cyclic N) is 1. The van der Waals surface area contributed by atoms with E-state index in [2.05, 4.69) is 33.8 Å². The topological polar surface area (TPSA) is 65.6 Å². The van der Waals surface area contributed by atoms with Gasteiger partial charge in [0.2, 0.25) is 5.89 Å². The first kappa shape index (κ1) is 16.4. The molecule has 1 fully saturated rings. The van der Waals surface area contributed by atoms with Gasteiger partial charge in [-0.15, -0.1) is 0 Å². The SMILES string of the molecule is CC(C)Cc1noc(CN2CCN(CC(C)(C)O)CC2)n1. The molecule has 1 aliphatic heterocycles. The number of piperazine rings is 1. The largest absolute Gasteiger partial charge is 0.389 e. The lowest BCUT2D eigenvalue weighted by Gasteiger charge is -2.36. The van der Waals surface area contributed by atoms with Crippen molar-refractivity contribution in [1.82, 2.24) is 19.9 Å². The molecule has 0 radical (unpaired) electrons. The van der Waals surface area contributed by atoms with Crippen LogP contribution < -0.4 is 0 Å². The second-order valence-corrected chi connectivity index (χ2v) is 7.07. The summed E-state index contributed by atoms with van der Waals surface area (Å²) in [6.07, 6.45) is 0.864. The van der Waals surface area contributed by atoms with E-state index >= 15 is 0 Å². The van der Waals surface area contributed by atoms with Crippen LogP contribution in [0.3, 0.4) is 0 Å². The molecule has 0 saturated carbocycles. The third kappa shape index (κ3) is 5.73. The van der Waals surface area contributed by atoms with Crippen LogP contribution in [0.4, 0.5) is 0 Å². The quantitative estimate of drug-likeness (QED) is 0.850. The summed E-state index contributed by atoms with van der Waals surface area (Å²) in [5, 5.41) is 13.9. The van der Waals surface area contributed by atoms with Gasteiger partial charge in [0.05, 0.1) is 12.1 Å². The first-order chi connectivity index (χ1) is 9.82. The number of hydrogen-bond donors (Lipinski definition) is 1. The molecule has 1 N–H and O–H groups in total. The van der Waals surface area contributed by atoms with Gasteiger partial charge in [-0.05, 0) is 19.8 Å². The van der Waals surface area contributed by atoms with Crippen molar-refractivity contribution >= 4 is 0 Å². The van der Waals surface area contributed by atoms with Gasteiger partial charge < -0.3 is 9.63 Å². The van der Waals surface area contributed by atoms with Gasteiger partial charge in [0, 0.05) is 39.1 Å². The van der Waals surface area contributed by atoms with Crippen molar-refractivity contribution in [1.29, 1.82) is 0 Å². The van der Waals surface area contributed by atoms with Crippen LogP contribution in [0.2, 0.25) is 0 Å². The standard InChI is InChI=1S/C15H28N4O2/c1-12(2)9-13-16-14(21-17-13)10-18-5-7-19(8-6-18)11-15(3,4)20/h12,20H,5-11H2,1-4H3. The van der Waals surface area contributed by atoms with E-state index in [1.165, 1.54) is 0 Å². The fourth-order valence-electron chi connectivity index (χ4n) is 2.65. The van der Waals surface area contributed by atoms with Crippen LogP contribution in [-0.4, -0.2) is 63.4 Å². The van der Waals surface area contributed by atoms with Crippen LogP contribution in [0.25, 0.3) is 0 Å². The minimum Gasteiger partial charge on any atom is -0.389 e. The van der Waals surface area contributed by atoms with Crippen molar-refractivity contribution in [3.63, 3.8) is 0 Å². The Morgan fingerprint density at radius 3 is 2.38 bits per heavy atom. The summed E-state index contributed by atoms with van der Waals surface area (Å²) in [6.45, 7) is 13.3. The minimum absolute atomic E-state index is 0.542. The lowest BCUT2D eigenvalue weighted by molar-refractivity contribution is 0.0153. The molecular formula is C15H28N4O2. The summed E-state index contributed by atoms with van der Waals surface area (Å²) in [6, 6.07) is 0. The molecule has 0 spiro atoms. The van der Waals surface area contributed by atoms with Crippen LogP contribution in [-0.2, 0) is 13.0 Å². The number of aromatic nitrogens is 2. The number of aliphatic hydroxyl groups is 1. The van der Waals surface area contributed by atoms with Gasteiger partial charge in [-0.1, -0.05) is 19.0 Å². The molecule has 0 unspecified atom stereocenters. The zero-order valence-electron chi connectivity index (χ0n) is 13.7. The first-order valence-corrected chi connectivity index (χ1v) is 7.80. The Kier molecular flexibility index (Phi) is 5.35. The van der Waals surface area contributed by atoms with Crippen molar-refractivity contribution in [3.8, 4) is 0 Å².